The van der Waals surface area contributed by atoms with E-state index in [1.54, 1.807) is 0 Å². The van der Waals surface area contributed by atoms with Crippen molar-refractivity contribution in [1.82, 2.24) is 0 Å². The van der Waals surface area contributed by atoms with Crippen LogP contribution in [0.5, 0.6) is 5.75 Å². The minimum absolute atomic E-state index is 0.209. The van der Waals surface area contributed by atoms with Gasteiger partial charge in [-0.2, -0.15) is 0 Å². The van der Waals surface area contributed by atoms with Crippen molar-refractivity contribution in [3.8, 4) is 5.75 Å². The fourth-order valence-corrected chi connectivity index (χ4v) is 2.43. The van der Waals surface area contributed by atoms with Crippen LogP contribution in [-0.4, -0.2) is 12.6 Å². The van der Waals surface area contributed by atoms with Gasteiger partial charge in [0.1, 0.15) is 11.9 Å². The Morgan fingerprint density at radius 2 is 1.94 bits per heavy atom. The summed E-state index contributed by atoms with van der Waals surface area (Å²) >= 11 is 0. The van der Waals surface area contributed by atoms with Crippen LogP contribution in [0.25, 0.3) is 0 Å². The first-order valence-electron chi connectivity index (χ1n) is 6.34. The molecule has 2 aromatic rings. The van der Waals surface area contributed by atoms with Gasteiger partial charge in [0.05, 0.1) is 12.2 Å². The summed E-state index contributed by atoms with van der Waals surface area (Å²) in [6.45, 7) is 5.12. The molecular weight excluding hydrogens is 222 g/mol. The highest BCUT2D eigenvalue weighted by Gasteiger charge is 2.23. The van der Waals surface area contributed by atoms with Crippen LogP contribution in [0.15, 0.2) is 48.5 Å². The first-order chi connectivity index (χ1) is 8.74. The Kier molecular flexibility index (Phi) is 2.71. The van der Waals surface area contributed by atoms with Crippen LogP contribution in [0.3, 0.4) is 0 Å². The zero-order chi connectivity index (χ0) is 12.5. The first-order valence-corrected chi connectivity index (χ1v) is 6.34. The summed E-state index contributed by atoms with van der Waals surface area (Å²) in [6.07, 6.45) is 0.209. The average molecular weight is 239 g/mol. The van der Waals surface area contributed by atoms with Crippen molar-refractivity contribution < 1.29 is 4.74 Å². The second kappa shape index (κ2) is 4.37. The molecule has 0 bridgehead atoms. The SMILES string of the molecule is Cc1cccc(N2CC(C)Oc3ccccc32)c1. The number of para-hydroxylation sites is 2. The summed E-state index contributed by atoms with van der Waals surface area (Å²) in [5, 5.41) is 0. The quantitative estimate of drug-likeness (QED) is 0.748. The highest BCUT2D eigenvalue weighted by Crippen LogP contribution is 2.37. The molecule has 1 unspecified atom stereocenters. The average Bonchev–Trinajstić information content (AvgIpc) is 2.37. The predicted octanol–water partition coefficient (Wildman–Crippen LogP) is 3.91. The van der Waals surface area contributed by atoms with E-state index in [1.807, 2.05) is 12.1 Å². The topological polar surface area (TPSA) is 12.5 Å². The van der Waals surface area contributed by atoms with Crippen molar-refractivity contribution in [2.45, 2.75) is 20.0 Å². The van der Waals surface area contributed by atoms with E-state index in [0.29, 0.717) is 0 Å². The second-order valence-corrected chi connectivity index (χ2v) is 4.85. The Labute approximate surface area is 108 Å². The van der Waals surface area contributed by atoms with Gasteiger partial charge in [0.25, 0.3) is 0 Å². The number of nitrogens with zero attached hydrogens (tertiary/aromatic N) is 1. The van der Waals surface area contributed by atoms with Crippen molar-refractivity contribution in [3.63, 3.8) is 0 Å². The Morgan fingerprint density at radius 1 is 1.11 bits per heavy atom. The summed E-state index contributed by atoms with van der Waals surface area (Å²) in [6, 6.07) is 16.8. The van der Waals surface area contributed by atoms with Crippen molar-refractivity contribution in [2.24, 2.45) is 0 Å². The molecule has 1 aliphatic heterocycles. The normalized spacial score (nSPS) is 18.1. The number of benzene rings is 2. The van der Waals surface area contributed by atoms with Gasteiger partial charge in [0, 0.05) is 5.69 Å². The minimum Gasteiger partial charge on any atom is -0.487 e. The maximum absolute atomic E-state index is 5.87. The van der Waals surface area contributed by atoms with Gasteiger partial charge in [-0.15, -0.1) is 0 Å². The Morgan fingerprint density at radius 3 is 2.78 bits per heavy atom. The van der Waals surface area contributed by atoms with Crippen LogP contribution >= 0.6 is 0 Å². The fraction of sp³-hybridized carbons (Fsp3) is 0.250. The van der Waals surface area contributed by atoms with Crippen LogP contribution in [-0.2, 0) is 0 Å². The summed E-state index contributed by atoms with van der Waals surface area (Å²) in [4.78, 5) is 2.33. The smallest absolute Gasteiger partial charge is 0.143 e. The van der Waals surface area contributed by atoms with Gasteiger partial charge in [0.15, 0.2) is 0 Å². The molecule has 0 spiro atoms. The molecule has 0 N–H and O–H groups in total. The molecule has 1 atom stereocenters. The zero-order valence-corrected chi connectivity index (χ0v) is 10.8. The number of hydrogen-bond acceptors (Lipinski definition) is 2. The Bertz CT molecular complexity index is 565. The number of rotatable bonds is 1. The van der Waals surface area contributed by atoms with Gasteiger partial charge in [-0.1, -0.05) is 24.3 Å². The molecule has 0 aromatic heterocycles. The maximum atomic E-state index is 5.87. The number of fused-ring (bicyclic) bond motifs is 1. The van der Waals surface area contributed by atoms with E-state index in [2.05, 4.69) is 55.1 Å². The molecular formula is C16H17NO. The molecule has 2 heteroatoms. The zero-order valence-electron chi connectivity index (χ0n) is 10.8. The second-order valence-electron chi connectivity index (χ2n) is 4.85. The predicted molar refractivity (Wildman–Crippen MR) is 74.7 cm³/mol. The molecule has 2 nitrogen and oxygen atoms in total. The number of ether oxygens (including phenoxy) is 1. The molecule has 92 valence electrons. The summed E-state index contributed by atoms with van der Waals surface area (Å²) in [5.74, 6) is 0.970. The van der Waals surface area contributed by atoms with Crippen molar-refractivity contribution in [1.29, 1.82) is 0 Å². The van der Waals surface area contributed by atoms with Crippen LogP contribution < -0.4 is 9.64 Å². The van der Waals surface area contributed by atoms with Gasteiger partial charge < -0.3 is 9.64 Å². The van der Waals surface area contributed by atoms with Crippen LogP contribution in [0.1, 0.15) is 12.5 Å². The molecule has 0 fully saturated rings. The van der Waals surface area contributed by atoms with Crippen molar-refractivity contribution >= 4 is 11.4 Å². The van der Waals surface area contributed by atoms with E-state index in [1.165, 1.54) is 11.3 Å². The van der Waals surface area contributed by atoms with Gasteiger partial charge in [-0.05, 0) is 43.7 Å². The lowest BCUT2D eigenvalue weighted by molar-refractivity contribution is 0.218. The molecule has 1 heterocycles. The molecule has 0 amide bonds. The summed E-state index contributed by atoms with van der Waals surface area (Å²) in [5.41, 5.74) is 3.67. The van der Waals surface area contributed by atoms with Crippen molar-refractivity contribution in [3.05, 3.63) is 54.1 Å². The van der Waals surface area contributed by atoms with E-state index < -0.39 is 0 Å². The highest BCUT2D eigenvalue weighted by atomic mass is 16.5. The maximum Gasteiger partial charge on any atom is 0.143 e. The highest BCUT2D eigenvalue weighted by molar-refractivity contribution is 5.70. The Balaban J connectivity index is 2.07. The monoisotopic (exact) mass is 239 g/mol. The largest absolute Gasteiger partial charge is 0.487 e. The van der Waals surface area contributed by atoms with Crippen LogP contribution in [0, 0.1) is 6.92 Å². The Hall–Kier alpha value is -1.96. The molecule has 0 saturated heterocycles. The van der Waals surface area contributed by atoms with E-state index in [9.17, 15) is 0 Å². The van der Waals surface area contributed by atoms with E-state index in [0.717, 1.165) is 18.0 Å². The van der Waals surface area contributed by atoms with Crippen LogP contribution in [0.2, 0.25) is 0 Å². The lowest BCUT2D eigenvalue weighted by atomic mass is 10.1. The van der Waals surface area contributed by atoms with Crippen molar-refractivity contribution in [2.75, 3.05) is 11.4 Å². The molecule has 0 radical (unpaired) electrons. The lowest BCUT2D eigenvalue weighted by Crippen LogP contribution is -2.35. The van der Waals surface area contributed by atoms with E-state index >= 15 is 0 Å². The fourth-order valence-electron chi connectivity index (χ4n) is 2.43. The number of hydrogen-bond donors (Lipinski definition) is 0. The molecule has 18 heavy (non-hydrogen) atoms. The number of anilines is 2. The van der Waals surface area contributed by atoms with Gasteiger partial charge >= 0.3 is 0 Å². The van der Waals surface area contributed by atoms with E-state index in [4.69, 9.17) is 4.74 Å². The molecule has 2 aromatic carbocycles. The molecule has 0 saturated carbocycles. The third-order valence-electron chi connectivity index (χ3n) is 3.24. The van der Waals surface area contributed by atoms with Gasteiger partial charge in [-0.3, -0.25) is 0 Å². The minimum atomic E-state index is 0.209. The summed E-state index contributed by atoms with van der Waals surface area (Å²) in [7, 11) is 0. The third kappa shape index (κ3) is 1.94. The molecule has 3 rings (SSSR count). The third-order valence-corrected chi connectivity index (χ3v) is 3.24. The molecule has 1 aliphatic rings. The summed E-state index contributed by atoms with van der Waals surface area (Å²) < 4.78 is 5.87. The first kappa shape index (κ1) is 11.1. The molecule has 0 aliphatic carbocycles. The van der Waals surface area contributed by atoms with Crippen LogP contribution in [0.4, 0.5) is 11.4 Å². The standard InChI is InChI=1S/C16H17NO/c1-12-6-5-7-14(10-12)17-11-13(2)18-16-9-4-3-8-15(16)17/h3-10,13H,11H2,1-2H3. The van der Waals surface area contributed by atoms with E-state index in [-0.39, 0.29) is 6.10 Å². The van der Waals surface area contributed by atoms with Gasteiger partial charge in [-0.25, -0.2) is 0 Å². The van der Waals surface area contributed by atoms with Gasteiger partial charge in [0.2, 0.25) is 0 Å². The lowest BCUT2D eigenvalue weighted by Gasteiger charge is -2.35. The number of aryl methyl sites for hydroxylation is 1.